The molecule has 1 aliphatic heterocycles. The molecule has 0 unspecified atom stereocenters. The summed E-state index contributed by atoms with van der Waals surface area (Å²) >= 11 is 1.36. The minimum atomic E-state index is -0.446. The maximum Gasteiger partial charge on any atom is 0.270 e. The lowest BCUT2D eigenvalue weighted by atomic mass is 10.1. The van der Waals surface area contributed by atoms with Crippen LogP contribution in [-0.4, -0.2) is 21.6 Å². The summed E-state index contributed by atoms with van der Waals surface area (Å²) in [6, 6.07) is 12.5. The standard InChI is InChI=1S/C15H11FN4O2S/c16-12-6-1-2-7-13(12)17-15-19-18-14(9-23-15)10-4-3-5-11(8-10)20(21)22/h1-8H,9H2,(H,17,19). The van der Waals surface area contributed by atoms with E-state index in [4.69, 9.17) is 0 Å². The van der Waals surface area contributed by atoms with E-state index in [0.717, 1.165) is 0 Å². The number of hydrazone groups is 1. The van der Waals surface area contributed by atoms with Crippen molar-refractivity contribution in [2.75, 3.05) is 5.75 Å². The molecule has 3 rings (SSSR count). The van der Waals surface area contributed by atoms with Gasteiger partial charge >= 0.3 is 0 Å². The minimum absolute atomic E-state index is 0.0148. The predicted octanol–water partition coefficient (Wildman–Crippen LogP) is 3.46. The number of aliphatic imine (C=N–C) groups is 1. The van der Waals surface area contributed by atoms with Crippen LogP contribution in [0.5, 0.6) is 0 Å². The molecule has 1 aliphatic rings. The van der Waals surface area contributed by atoms with Crippen molar-refractivity contribution in [1.29, 1.82) is 0 Å². The number of nitro groups is 1. The predicted molar refractivity (Wildman–Crippen MR) is 88.7 cm³/mol. The Morgan fingerprint density at radius 1 is 1.26 bits per heavy atom. The van der Waals surface area contributed by atoms with E-state index in [1.54, 1.807) is 30.3 Å². The van der Waals surface area contributed by atoms with Crippen LogP contribution >= 0.6 is 11.8 Å². The van der Waals surface area contributed by atoms with Gasteiger partial charge in [-0.3, -0.25) is 15.5 Å². The van der Waals surface area contributed by atoms with Gasteiger partial charge in [-0.15, -0.1) is 0 Å². The summed E-state index contributed by atoms with van der Waals surface area (Å²) < 4.78 is 13.6. The van der Waals surface area contributed by atoms with Gasteiger partial charge < -0.3 is 0 Å². The molecule has 0 atom stereocenters. The molecule has 1 heterocycles. The molecule has 1 N–H and O–H groups in total. The Kier molecular flexibility index (Phi) is 4.33. The highest BCUT2D eigenvalue weighted by Gasteiger charge is 2.16. The number of benzene rings is 2. The molecule has 0 saturated carbocycles. The molecule has 0 fully saturated rings. The number of rotatable bonds is 3. The first kappa shape index (κ1) is 15.2. The Hall–Kier alpha value is -2.74. The molecule has 6 nitrogen and oxygen atoms in total. The number of para-hydroxylation sites is 1. The number of amidine groups is 1. The SMILES string of the molecule is O=[N+]([O-])c1cccc(C2=NNC(=Nc3ccccc3F)SC2)c1. The van der Waals surface area contributed by atoms with Crippen molar-refractivity contribution < 1.29 is 9.31 Å². The van der Waals surface area contributed by atoms with Gasteiger partial charge in [0.15, 0.2) is 5.17 Å². The van der Waals surface area contributed by atoms with Crippen molar-refractivity contribution in [1.82, 2.24) is 5.43 Å². The topological polar surface area (TPSA) is 79.9 Å². The molecule has 2 aromatic carbocycles. The van der Waals surface area contributed by atoms with E-state index < -0.39 is 10.7 Å². The summed E-state index contributed by atoms with van der Waals surface area (Å²) in [5.41, 5.74) is 4.35. The molecule has 23 heavy (non-hydrogen) atoms. The van der Waals surface area contributed by atoms with Crippen LogP contribution in [0.1, 0.15) is 5.56 Å². The number of nitro benzene ring substituents is 1. The normalized spacial score (nSPS) is 15.9. The van der Waals surface area contributed by atoms with Gasteiger partial charge in [-0.2, -0.15) is 5.10 Å². The Morgan fingerprint density at radius 3 is 2.78 bits per heavy atom. The van der Waals surface area contributed by atoms with E-state index >= 15 is 0 Å². The number of hydrogen-bond acceptors (Lipinski definition) is 5. The number of nitrogens with one attached hydrogen (secondary N) is 1. The van der Waals surface area contributed by atoms with Crippen LogP contribution in [-0.2, 0) is 0 Å². The molecule has 2 aromatic rings. The zero-order chi connectivity index (χ0) is 16.2. The lowest BCUT2D eigenvalue weighted by Gasteiger charge is -2.14. The second-order valence-electron chi connectivity index (χ2n) is 4.63. The van der Waals surface area contributed by atoms with Crippen molar-refractivity contribution in [2.45, 2.75) is 0 Å². The van der Waals surface area contributed by atoms with Gasteiger partial charge in [0.25, 0.3) is 5.69 Å². The third kappa shape index (κ3) is 3.54. The molecular weight excluding hydrogens is 319 g/mol. The summed E-state index contributed by atoms with van der Waals surface area (Å²) in [5.74, 6) is 0.0809. The number of halogens is 1. The number of non-ortho nitro benzene ring substituents is 1. The minimum Gasteiger partial charge on any atom is -0.258 e. The molecular formula is C15H11FN4O2S. The van der Waals surface area contributed by atoms with Crippen molar-refractivity contribution in [2.24, 2.45) is 10.1 Å². The maximum absolute atomic E-state index is 13.6. The fourth-order valence-corrected chi connectivity index (χ4v) is 2.75. The van der Waals surface area contributed by atoms with Crippen molar-refractivity contribution in [3.05, 3.63) is 70.0 Å². The Balaban J connectivity index is 1.80. The van der Waals surface area contributed by atoms with Gasteiger partial charge in [-0.05, 0) is 12.1 Å². The number of thioether (sulfide) groups is 1. The Bertz CT molecular complexity index is 823. The first-order chi connectivity index (χ1) is 11.1. The summed E-state index contributed by atoms with van der Waals surface area (Å²) in [5, 5.41) is 15.5. The molecule has 0 aliphatic carbocycles. The Morgan fingerprint density at radius 2 is 2.09 bits per heavy atom. The monoisotopic (exact) mass is 330 g/mol. The van der Waals surface area contributed by atoms with Gasteiger partial charge in [-0.25, -0.2) is 9.38 Å². The highest BCUT2D eigenvalue weighted by Crippen LogP contribution is 2.22. The van der Waals surface area contributed by atoms with Crippen LogP contribution in [0, 0.1) is 15.9 Å². The van der Waals surface area contributed by atoms with Crippen LogP contribution in [0.25, 0.3) is 0 Å². The van der Waals surface area contributed by atoms with Gasteiger partial charge in [0.05, 0.1) is 10.6 Å². The van der Waals surface area contributed by atoms with Crippen LogP contribution in [0.3, 0.4) is 0 Å². The highest BCUT2D eigenvalue weighted by atomic mass is 32.2. The van der Waals surface area contributed by atoms with E-state index in [1.165, 1.54) is 30.0 Å². The highest BCUT2D eigenvalue weighted by molar-refractivity contribution is 8.14. The second kappa shape index (κ2) is 6.57. The molecule has 0 amide bonds. The van der Waals surface area contributed by atoms with Crippen LogP contribution in [0.15, 0.2) is 58.6 Å². The molecule has 0 radical (unpaired) electrons. The number of nitrogens with zero attached hydrogens (tertiary/aromatic N) is 3. The van der Waals surface area contributed by atoms with Gasteiger partial charge in [0.1, 0.15) is 11.5 Å². The Labute approximate surface area is 135 Å². The third-order valence-electron chi connectivity index (χ3n) is 3.10. The summed E-state index contributed by atoms with van der Waals surface area (Å²) in [4.78, 5) is 14.5. The zero-order valence-corrected chi connectivity index (χ0v) is 12.6. The first-order valence-corrected chi connectivity index (χ1v) is 7.65. The van der Waals surface area contributed by atoms with E-state index in [0.29, 0.717) is 22.2 Å². The average Bonchev–Trinajstić information content (AvgIpc) is 2.58. The summed E-state index contributed by atoms with van der Waals surface area (Å²) in [6.07, 6.45) is 0. The molecule has 8 heteroatoms. The van der Waals surface area contributed by atoms with Crippen LogP contribution in [0.2, 0.25) is 0 Å². The van der Waals surface area contributed by atoms with E-state index in [2.05, 4.69) is 15.5 Å². The van der Waals surface area contributed by atoms with Crippen LogP contribution in [0.4, 0.5) is 15.8 Å². The number of hydrogen-bond donors (Lipinski definition) is 1. The molecule has 0 saturated heterocycles. The zero-order valence-electron chi connectivity index (χ0n) is 11.8. The van der Waals surface area contributed by atoms with Crippen LogP contribution < -0.4 is 5.43 Å². The van der Waals surface area contributed by atoms with E-state index in [-0.39, 0.29) is 11.4 Å². The van der Waals surface area contributed by atoms with E-state index in [9.17, 15) is 14.5 Å². The third-order valence-corrected chi connectivity index (χ3v) is 3.97. The molecule has 116 valence electrons. The van der Waals surface area contributed by atoms with Gasteiger partial charge in [0, 0.05) is 23.4 Å². The average molecular weight is 330 g/mol. The lowest BCUT2D eigenvalue weighted by molar-refractivity contribution is -0.384. The van der Waals surface area contributed by atoms with Gasteiger partial charge in [0.2, 0.25) is 0 Å². The fraction of sp³-hybridized carbons (Fsp3) is 0.0667. The van der Waals surface area contributed by atoms with E-state index in [1.807, 2.05) is 0 Å². The first-order valence-electron chi connectivity index (χ1n) is 6.67. The molecule has 0 spiro atoms. The smallest absolute Gasteiger partial charge is 0.258 e. The van der Waals surface area contributed by atoms with Gasteiger partial charge in [-0.1, -0.05) is 36.0 Å². The fourth-order valence-electron chi connectivity index (χ4n) is 1.97. The molecule has 0 aromatic heterocycles. The van der Waals surface area contributed by atoms with Crippen molar-refractivity contribution in [3.8, 4) is 0 Å². The lowest BCUT2D eigenvalue weighted by Crippen LogP contribution is -2.25. The largest absolute Gasteiger partial charge is 0.270 e. The second-order valence-corrected chi connectivity index (χ2v) is 5.60. The van der Waals surface area contributed by atoms with Crippen molar-refractivity contribution in [3.63, 3.8) is 0 Å². The summed E-state index contributed by atoms with van der Waals surface area (Å²) in [6.45, 7) is 0. The quantitative estimate of drug-likeness (QED) is 0.690. The molecule has 0 bridgehead atoms. The maximum atomic E-state index is 13.6. The van der Waals surface area contributed by atoms with Crippen molar-refractivity contribution >= 4 is 34.0 Å². The summed E-state index contributed by atoms with van der Waals surface area (Å²) in [7, 11) is 0.